The summed E-state index contributed by atoms with van der Waals surface area (Å²) in [5.41, 5.74) is 1.95. The van der Waals surface area contributed by atoms with Crippen molar-refractivity contribution in [1.29, 1.82) is 0 Å². The minimum atomic E-state index is -0.471. The molecule has 0 radical (unpaired) electrons. The highest BCUT2D eigenvalue weighted by molar-refractivity contribution is 5.94. The number of carbonyl (C=O) groups is 1. The Morgan fingerprint density at radius 1 is 0.889 bits per heavy atom. The molecule has 3 aromatic rings. The van der Waals surface area contributed by atoms with Gasteiger partial charge < -0.3 is 14.6 Å². The van der Waals surface area contributed by atoms with Crippen LogP contribution in [-0.4, -0.2) is 18.2 Å². The Balaban J connectivity index is 1.97. The summed E-state index contributed by atoms with van der Waals surface area (Å²) in [4.78, 5) is 12.7. The van der Waals surface area contributed by atoms with Crippen LogP contribution < -0.4 is 9.47 Å². The molecule has 0 saturated heterocycles. The molecule has 0 amide bonds. The lowest BCUT2D eigenvalue weighted by atomic mass is 9.77. The standard InChI is InChI=1S/C23H22O4/c1-23(2,16-9-12-18(24)13-10-16)17-11-14-21(26-3)20(15-17)22(25)27-19-7-5-4-6-8-19/h4-15,24H,1-3H3. The Labute approximate surface area is 159 Å². The van der Waals surface area contributed by atoms with Gasteiger partial charge in [0.1, 0.15) is 22.8 Å². The molecule has 0 heterocycles. The Morgan fingerprint density at radius 2 is 1.52 bits per heavy atom. The number of phenols is 1. The second-order valence-electron chi connectivity index (χ2n) is 6.79. The number of carbonyl (C=O) groups excluding carboxylic acids is 1. The first-order chi connectivity index (χ1) is 12.9. The van der Waals surface area contributed by atoms with Crippen molar-refractivity contribution in [3.8, 4) is 17.2 Å². The van der Waals surface area contributed by atoms with Crippen molar-refractivity contribution >= 4 is 5.97 Å². The third kappa shape index (κ3) is 3.95. The lowest BCUT2D eigenvalue weighted by Crippen LogP contribution is -2.20. The predicted molar refractivity (Wildman–Crippen MR) is 105 cm³/mol. The molecule has 0 atom stereocenters. The molecule has 1 N–H and O–H groups in total. The number of aromatic hydroxyl groups is 1. The summed E-state index contributed by atoms with van der Waals surface area (Å²) in [6.07, 6.45) is 0. The Morgan fingerprint density at radius 3 is 2.15 bits per heavy atom. The summed E-state index contributed by atoms with van der Waals surface area (Å²) >= 11 is 0. The van der Waals surface area contributed by atoms with Gasteiger partial charge in [-0.1, -0.05) is 50.2 Å². The van der Waals surface area contributed by atoms with E-state index >= 15 is 0 Å². The summed E-state index contributed by atoms with van der Waals surface area (Å²) in [6.45, 7) is 4.13. The molecule has 0 aliphatic heterocycles. The minimum Gasteiger partial charge on any atom is -0.508 e. The monoisotopic (exact) mass is 362 g/mol. The Bertz CT molecular complexity index is 928. The second kappa shape index (κ2) is 7.54. The quantitative estimate of drug-likeness (QED) is 0.516. The fourth-order valence-corrected chi connectivity index (χ4v) is 2.95. The fourth-order valence-electron chi connectivity index (χ4n) is 2.95. The van der Waals surface area contributed by atoms with Gasteiger partial charge >= 0.3 is 5.97 Å². The van der Waals surface area contributed by atoms with E-state index in [1.54, 1.807) is 36.4 Å². The first-order valence-electron chi connectivity index (χ1n) is 8.67. The van der Waals surface area contributed by atoms with Crippen LogP contribution in [0, 0.1) is 0 Å². The van der Waals surface area contributed by atoms with Crippen LogP contribution in [0.15, 0.2) is 72.8 Å². The zero-order valence-electron chi connectivity index (χ0n) is 15.6. The SMILES string of the molecule is COc1ccc(C(C)(C)c2ccc(O)cc2)cc1C(=O)Oc1ccccc1. The number of phenolic OH excluding ortho intramolecular Hbond substituents is 1. The number of benzene rings is 3. The summed E-state index contributed by atoms with van der Waals surface area (Å²) in [5, 5.41) is 9.54. The number of para-hydroxylation sites is 1. The molecule has 138 valence electrons. The zero-order chi connectivity index (χ0) is 19.4. The third-order valence-corrected chi connectivity index (χ3v) is 4.68. The van der Waals surface area contributed by atoms with Crippen molar-refractivity contribution in [2.45, 2.75) is 19.3 Å². The molecule has 3 aromatic carbocycles. The van der Waals surface area contributed by atoms with Crippen LogP contribution in [0.2, 0.25) is 0 Å². The maximum Gasteiger partial charge on any atom is 0.347 e. The van der Waals surface area contributed by atoms with E-state index in [2.05, 4.69) is 13.8 Å². The van der Waals surface area contributed by atoms with Crippen LogP contribution >= 0.6 is 0 Å². The highest BCUT2D eigenvalue weighted by atomic mass is 16.5. The number of methoxy groups -OCH3 is 1. The van der Waals surface area contributed by atoms with E-state index in [0.29, 0.717) is 17.1 Å². The van der Waals surface area contributed by atoms with E-state index in [1.807, 2.05) is 36.4 Å². The van der Waals surface area contributed by atoms with E-state index < -0.39 is 5.97 Å². The zero-order valence-corrected chi connectivity index (χ0v) is 15.6. The van der Waals surface area contributed by atoms with Crippen LogP contribution in [0.5, 0.6) is 17.2 Å². The maximum atomic E-state index is 12.7. The normalized spacial score (nSPS) is 11.1. The van der Waals surface area contributed by atoms with Crippen molar-refractivity contribution in [2.24, 2.45) is 0 Å². The fraction of sp³-hybridized carbons (Fsp3) is 0.174. The van der Waals surface area contributed by atoms with Crippen molar-refractivity contribution in [3.05, 3.63) is 89.5 Å². The predicted octanol–water partition coefficient (Wildman–Crippen LogP) is 4.95. The summed E-state index contributed by atoms with van der Waals surface area (Å²) in [5.74, 6) is 0.687. The van der Waals surface area contributed by atoms with E-state index in [0.717, 1.165) is 11.1 Å². The van der Waals surface area contributed by atoms with E-state index in [-0.39, 0.29) is 11.2 Å². The largest absolute Gasteiger partial charge is 0.508 e. The first kappa shape index (κ1) is 18.5. The summed E-state index contributed by atoms with van der Waals surface area (Å²) in [7, 11) is 1.53. The molecule has 0 aromatic heterocycles. The van der Waals surface area contributed by atoms with Gasteiger partial charge in [0, 0.05) is 5.41 Å². The number of rotatable bonds is 5. The number of esters is 1. The van der Waals surface area contributed by atoms with Gasteiger partial charge in [0.25, 0.3) is 0 Å². The molecule has 0 unspecified atom stereocenters. The van der Waals surface area contributed by atoms with Crippen LogP contribution in [0.25, 0.3) is 0 Å². The first-order valence-corrected chi connectivity index (χ1v) is 8.67. The topological polar surface area (TPSA) is 55.8 Å². The molecule has 3 rings (SSSR count). The van der Waals surface area contributed by atoms with E-state index in [1.165, 1.54) is 7.11 Å². The van der Waals surface area contributed by atoms with Crippen LogP contribution in [-0.2, 0) is 5.41 Å². The van der Waals surface area contributed by atoms with Crippen molar-refractivity contribution in [3.63, 3.8) is 0 Å². The second-order valence-corrected chi connectivity index (χ2v) is 6.79. The minimum absolute atomic E-state index is 0.219. The van der Waals surface area contributed by atoms with E-state index in [4.69, 9.17) is 9.47 Å². The highest BCUT2D eigenvalue weighted by Crippen LogP contribution is 2.35. The highest BCUT2D eigenvalue weighted by Gasteiger charge is 2.26. The van der Waals surface area contributed by atoms with Gasteiger partial charge in [-0.2, -0.15) is 0 Å². The van der Waals surface area contributed by atoms with E-state index in [9.17, 15) is 9.90 Å². The average Bonchev–Trinajstić information content (AvgIpc) is 2.68. The summed E-state index contributed by atoms with van der Waals surface area (Å²) < 4.78 is 10.8. The van der Waals surface area contributed by atoms with Crippen LogP contribution in [0.4, 0.5) is 0 Å². The summed E-state index contributed by atoms with van der Waals surface area (Å²) in [6, 6.07) is 21.5. The molecule has 4 heteroatoms. The molecule has 0 bridgehead atoms. The molecule has 0 aliphatic rings. The van der Waals surface area contributed by atoms with Crippen molar-refractivity contribution in [1.82, 2.24) is 0 Å². The lowest BCUT2D eigenvalue weighted by Gasteiger charge is -2.27. The molecule has 0 saturated carbocycles. The van der Waals surface area contributed by atoms with Gasteiger partial charge in [0.05, 0.1) is 7.11 Å². The number of ether oxygens (including phenoxy) is 2. The number of hydrogen-bond acceptors (Lipinski definition) is 4. The molecule has 27 heavy (non-hydrogen) atoms. The average molecular weight is 362 g/mol. The molecule has 0 spiro atoms. The van der Waals surface area contributed by atoms with Gasteiger partial charge in [0.2, 0.25) is 0 Å². The third-order valence-electron chi connectivity index (χ3n) is 4.68. The van der Waals surface area contributed by atoms with Gasteiger partial charge in [-0.15, -0.1) is 0 Å². The Hall–Kier alpha value is -3.27. The van der Waals surface area contributed by atoms with Gasteiger partial charge in [-0.05, 0) is 47.5 Å². The Kier molecular flexibility index (Phi) is 5.17. The lowest BCUT2D eigenvalue weighted by molar-refractivity contribution is 0.0731. The molecular formula is C23H22O4. The smallest absolute Gasteiger partial charge is 0.347 e. The van der Waals surface area contributed by atoms with Gasteiger partial charge in [-0.25, -0.2) is 4.79 Å². The maximum absolute atomic E-state index is 12.7. The van der Waals surface area contributed by atoms with Crippen LogP contribution in [0.3, 0.4) is 0 Å². The molecule has 0 fully saturated rings. The number of hydrogen-bond donors (Lipinski definition) is 1. The van der Waals surface area contributed by atoms with Crippen LogP contribution in [0.1, 0.15) is 35.3 Å². The van der Waals surface area contributed by atoms with Gasteiger partial charge in [-0.3, -0.25) is 0 Å². The van der Waals surface area contributed by atoms with Gasteiger partial charge in [0.15, 0.2) is 0 Å². The molecule has 4 nitrogen and oxygen atoms in total. The van der Waals surface area contributed by atoms with Crippen molar-refractivity contribution < 1.29 is 19.4 Å². The van der Waals surface area contributed by atoms with Crippen molar-refractivity contribution in [2.75, 3.05) is 7.11 Å². The molecule has 0 aliphatic carbocycles. The molecular weight excluding hydrogens is 340 g/mol.